The minimum Gasteiger partial charge on any atom is -0.355 e. The number of hydrogen-bond acceptors (Lipinski definition) is 4. The first kappa shape index (κ1) is 15.2. The van der Waals surface area contributed by atoms with Gasteiger partial charge in [0.15, 0.2) is 0 Å². The van der Waals surface area contributed by atoms with Gasteiger partial charge in [-0.05, 0) is 26.6 Å². The van der Waals surface area contributed by atoms with Crippen LogP contribution in [0.4, 0.5) is 10.2 Å². The summed E-state index contributed by atoms with van der Waals surface area (Å²) in [4.78, 5) is 8.84. The average molecular weight is 280 g/mol. The molecule has 2 rings (SSSR count). The quantitative estimate of drug-likeness (QED) is 0.892. The highest BCUT2D eigenvalue weighted by molar-refractivity contribution is 5.48. The molecule has 1 atom stereocenters. The Labute approximate surface area is 121 Å². The van der Waals surface area contributed by atoms with Gasteiger partial charge in [0.05, 0.1) is 6.20 Å². The van der Waals surface area contributed by atoms with Crippen molar-refractivity contribution >= 4 is 5.82 Å². The standard InChI is InChI=1S/C15H25FN4/c1-11(2)17-8-12-7-13(16)9-18-15(12)20-6-5-14(10-20)19(3)4/h7,9,11,14,17H,5-6,8,10H2,1-4H3. The first-order valence-electron chi connectivity index (χ1n) is 7.26. The fraction of sp³-hybridized carbons (Fsp3) is 0.667. The molecule has 2 heterocycles. The lowest BCUT2D eigenvalue weighted by molar-refractivity contribution is 0.315. The number of rotatable bonds is 5. The summed E-state index contributed by atoms with van der Waals surface area (Å²) in [5, 5.41) is 3.34. The van der Waals surface area contributed by atoms with Gasteiger partial charge in [0.1, 0.15) is 11.6 Å². The summed E-state index contributed by atoms with van der Waals surface area (Å²) < 4.78 is 13.4. The zero-order valence-electron chi connectivity index (χ0n) is 12.9. The topological polar surface area (TPSA) is 31.4 Å². The van der Waals surface area contributed by atoms with Crippen LogP contribution in [0.15, 0.2) is 12.3 Å². The lowest BCUT2D eigenvalue weighted by Crippen LogP contribution is -2.32. The highest BCUT2D eigenvalue weighted by atomic mass is 19.1. The third-order valence-electron chi connectivity index (χ3n) is 3.80. The Morgan fingerprint density at radius 3 is 2.85 bits per heavy atom. The van der Waals surface area contributed by atoms with Crippen molar-refractivity contribution in [3.8, 4) is 0 Å². The van der Waals surface area contributed by atoms with Gasteiger partial charge >= 0.3 is 0 Å². The van der Waals surface area contributed by atoms with E-state index in [-0.39, 0.29) is 5.82 Å². The number of nitrogens with one attached hydrogen (secondary N) is 1. The van der Waals surface area contributed by atoms with E-state index in [9.17, 15) is 4.39 Å². The van der Waals surface area contributed by atoms with Crippen molar-refractivity contribution in [2.45, 2.75) is 38.9 Å². The maximum atomic E-state index is 13.4. The van der Waals surface area contributed by atoms with Gasteiger partial charge in [0, 0.05) is 37.3 Å². The van der Waals surface area contributed by atoms with Crippen LogP contribution in [0.1, 0.15) is 25.8 Å². The van der Waals surface area contributed by atoms with Crippen molar-refractivity contribution in [1.29, 1.82) is 0 Å². The summed E-state index contributed by atoms with van der Waals surface area (Å²) in [5.74, 6) is 0.654. The van der Waals surface area contributed by atoms with E-state index in [1.54, 1.807) is 6.07 Å². The van der Waals surface area contributed by atoms with Crippen molar-refractivity contribution in [2.75, 3.05) is 32.1 Å². The van der Waals surface area contributed by atoms with Crippen LogP contribution >= 0.6 is 0 Å². The Bertz CT molecular complexity index is 447. The Kier molecular flexibility index (Phi) is 4.94. The first-order valence-corrected chi connectivity index (χ1v) is 7.26. The van der Waals surface area contributed by atoms with Crippen molar-refractivity contribution in [3.05, 3.63) is 23.6 Å². The fourth-order valence-corrected chi connectivity index (χ4v) is 2.56. The predicted octanol–water partition coefficient (Wildman–Crippen LogP) is 1.86. The maximum absolute atomic E-state index is 13.4. The summed E-state index contributed by atoms with van der Waals surface area (Å²) in [6, 6.07) is 2.52. The molecule has 0 amide bonds. The number of aromatic nitrogens is 1. The van der Waals surface area contributed by atoms with E-state index in [0.717, 1.165) is 30.9 Å². The number of hydrogen-bond donors (Lipinski definition) is 1. The molecule has 1 aliphatic rings. The Morgan fingerprint density at radius 2 is 2.25 bits per heavy atom. The van der Waals surface area contributed by atoms with E-state index in [1.165, 1.54) is 6.20 Å². The molecule has 4 nitrogen and oxygen atoms in total. The number of halogens is 1. The molecule has 1 aromatic rings. The summed E-state index contributed by atoms with van der Waals surface area (Å²) in [6.07, 6.45) is 2.44. The lowest BCUT2D eigenvalue weighted by Gasteiger charge is -2.23. The van der Waals surface area contributed by atoms with Crippen LogP contribution in [0, 0.1) is 5.82 Å². The van der Waals surface area contributed by atoms with Crippen LogP contribution in [-0.2, 0) is 6.54 Å². The highest BCUT2D eigenvalue weighted by Gasteiger charge is 2.26. The number of likely N-dealkylation sites (N-methyl/N-ethyl adjacent to an activating group) is 1. The summed E-state index contributed by atoms with van der Waals surface area (Å²) in [6.45, 7) is 6.77. The largest absolute Gasteiger partial charge is 0.355 e. The van der Waals surface area contributed by atoms with E-state index in [0.29, 0.717) is 18.6 Å². The monoisotopic (exact) mass is 280 g/mol. The molecule has 0 aromatic carbocycles. The molecular weight excluding hydrogens is 255 g/mol. The molecule has 1 N–H and O–H groups in total. The zero-order chi connectivity index (χ0) is 14.7. The molecule has 5 heteroatoms. The normalized spacial score (nSPS) is 19.4. The second kappa shape index (κ2) is 6.50. The minimum absolute atomic E-state index is 0.266. The van der Waals surface area contributed by atoms with Crippen molar-refractivity contribution in [3.63, 3.8) is 0 Å². The average Bonchev–Trinajstić information content (AvgIpc) is 2.86. The lowest BCUT2D eigenvalue weighted by atomic mass is 10.2. The van der Waals surface area contributed by atoms with Crippen LogP contribution in [0.2, 0.25) is 0 Å². The van der Waals surface area contributed by atoms with Crippen molar-refractivity contribution < 1.29 is 4.39 Å². The second-order valence-electron chi connectivity index (χ2n) is 6.02. The Hall–Kier alpha value is -1.20. The summed E-state index contributed by atoms with van der Waals surface area (Å²) >= 11 is 0. The molecule has 20 heavy (non-hydrogen) atoms. The summed E-state index contributed by atoms with van der Waals surface area (Å²) in [7, 11) is 4.21. The predicted molar refractivity (Wildman–Crippen MR) is 80.5 cm³/mol. The fourth-order valence-electron chi connectivity index (χ4n) is 2.56. The molecule has 1 unspecified atom stereocenters. The molecule has 1 aromatic heterocycles. The van der Waals surface area contributed by atoms with Gasteiger partial charge in [-0.2, -0.15) is 0 Å². The Morgan fingerprint density at radius 1 is 1.50 bits per heavy atom. The highest BCUT2D eigenvalue weighted by Crippen LogP contribution is 2.24. The molecule has 0 spiro atoms. The molecule has 0 bridgehead atoms. The van der Waals surface area contributed by atoms with Crippen LogP contribution in [0.25, 0.3) is 0 Å². The SMILES string of the molecule is CC(C)NCc1cc(F)cnc1N1CCC(N(C)C)C1. The third kappa shape index (κ3) is 3.67. The summed E-state index contributed by atoms with van der Waals surface area (Å²) in [5.41, 5.74) is 0.943. The van der Waals surface area contributed by atoms with Crippen LogP contribution in [0.5, 0.6) is 0 Å². The van der Waals surface area contributed by atoms with Crippen molar-refractivity contribution in [2.24, 2.45) is 0 Å². The van der Waals surface area contributed by atoms with Gasteiger partial charge in [-0.15, -0.1) is 0 Å². The molecule has 0 saturated carbocycles. The van der Waals surface area contributed by atoms with Gasteiger partial charge in [-0.1, -0.05) is 13.8 Å². The first-order chi connectivity index (χ1) is 9.47. The molecule has 0 aliphatic carbocycles. The number of anilines is 1. The van der Waals surface area contributed by atoms with E-state index in [2.05, 4.69) is 48.0 Å². The van der Waals surface area contributed by atoms with Gasteiger partial charge in [-0.3, -0.25) is 0 Å². The third-order valence-corrected chi connectivity index (χ3v) is 3.80. The molecular formula is C15H25FN4. The van der Waals surface area contributed by atoms with Gasteiger partial charge in [0.2, 0.25) is 0 Å². The van der Waals surface area contributed by atoms with Crippen LogP contribution in [-0.4, -0.2) is 49.2 Å². The number of pyridine rings is 1. The van der Waals surface area contributed by atoms with Crippen LogP contribution < -0.4 is 10.2 Å². The Balaban J connectivity index is 2.14. The van der Waals surface area contributed by atoms with Crippen molar-refractivity contribution in [1.82, 2.24) is 15.2 Å². The molecule has 1 aliphatic heterocycles. The van der Waals surface area contributed by atoms with E-state index < -0.39 is 0 Å². The molecule has 1 fully saturated rings. The molecule has 1 saturated heterocycles. The van der Waals surface area contributed by atoms with E-state index in [4.69, 9.17) is 0 Å². The van der Waals surface area contributed by atoms with Gasteiger partial charge in [-0.25, -0.2) is 9.37 Å². The van der Waals surface area contributed by atoms with Gasteiger partial charge in [0.25, 0.3) is 0 Å². The van der Waals surface area contributed by atoms with E-state index >= 15 is 0 Å². The minimum atomic E-state index is -0.266. The smallest absolute Gasteiger partial charge is 0.141 e. The zero-order valence-corrected chi connectivity index (χ0v) is 12.9. The second-order valence-corrected chi connectivity index (χ2v) is 6.02. The number of nitrogens with zero attached hydrogens (tertiary/aromatic N) is 3. The molecule has 112 valence electrons. The van der Waals surface area contributed by atoms with Gasteiger partial charge < -0.3 is 15.1 Å². The maximum Gasteiger partial charge on any atom is 0.141 e. The van der Waals surface area contributed by atoms with E-state index in [1.807, 2.05) is 0 Å². The molecule has 0 radical (unpaired) electrons. The van der Waals surface area contributed by atoms with Crippen LogP contribution in [0.3, 0.4) is 0 Å².